The van der Waals surface area contributed by atoms with Gasteiger partial charge in [-0.25, -0.2) is 0 Å². The summed E-state index contributed by atoms with van der Waals surface area (Å²) in [4.78, 5) is 28.8. The molecule has 0 aromatic heterocycles. The Balaban J connectivity index is -0.000000249. The molecule has 0 bridgehead atoms. The molecule has 0 radical (unpaired) electrons. The molecule has 92 valence electrons. The van der Waals surface area contributed by atoms with Gasteiger partial charge in [0.25, 0.3) is 5.09 Å². The average molecular weight is 333 g/mol. The Morgan fingerprint density at radius 1 is 1.60 bits per heavy atom. The Hall–Kier alpha value is -0.770. The molecule has 0 saturated heterocycles. The molecule has 0 heterocycles. The first kappa shape index (κ1) is 19.8. The first-order chi connectivity index (χ1) is 6.31. The third kappa shape index (κ3) is 19.6. The number of carboxylic acids is 1. The monoisotopic (exact) mass is 332 g/mol. The Morgan fingerprint density at radius 3 is 2.00 bits per heavy atom. The van der Waals surface area contributed by atoms with Crippen molar-refractivity contribution in [2.24, 2.45) is 0 Å². The molecule has 0 rings (SSSR count). The summed E-state index contributed by atoms with van der Waals surface area (Å²) in [7, 11) is 0. The van der Waals surface area contributed by atoms with Crippen LogP contribution in [0.3, 0.4) is 0 Å². The molecule has 0 fully saturated rings. The van der Waals surface area contributed by atoms with Crippen molar-refractivity contribution in [3.05, 3.63) is 10.1 Å². The zero-order valence-corrected chi connectivity index (χ0v) is 9.77. The fourth-order valence-corrected chi connectivity index (χ4v) is 0.646. The fourth-order valence-electron chi connectivity index (χ4n) is 0.420. The second-order valence-corrected chi connectivity index (χ2v) is 2.33. The Labute approximate surface area is 106 Å². The molecular weight excluding hydrogens is 324 g/mol. The quantitative estimate of drug-likeness (QED) is 0.255. The van der Waals surface area contributed by atoms with E-state index < -0.39 is 17.1 Å². The van der Waals surface area contributed by atoms with Gasteiger partial charge in [0.2, 0.25) is 5.91 Å². The van der Waals surface area contributed by atoms with Crippen molar-refractivity contribution in [3.8, 4) is 0 Å². The minimum Gasteiger partial charge on any atom is -0.790 e. The van der Waals surface area contributed by atoms with Gasteiger partial charge in [0, 0.05) is 6.92 Å². The van der Waals surface area contributed by atoms with E-state index in [1.165, 1.54) is 6.92 Å². The predicted molar refractivity (Wildman–Crippen MR) is 46.3 cm³/mol. The summed E-state index contributed by atoms with van der Waals surface area (Å²) in [6.45, 7) is 1.25. The molecule has 0 aromatic rings. The second kappa shape index (κ2) is 11.3. The number of aliphatic carboxylic acids is 1. The predicted octanol–water partition coefficient (Wildman–Crippen LogP) is -1.23. The maximum atomic E-state index is 10.3. The Bertz CT molecular complexity index is 222. The molecule has 3 N–H and O–H groups in total. The molecular formula is C5H9AgN2O6S. The number of amides is 1. The van der Waals surface area contributed by atoms with Gasteiger partial charge in [-0.2, -0.15) is 0 Å². The van der Waals surface area contributed by atoms with Crippen molar-refractivity contribution < 1.29 is 47.4 Å². The molecule has 0 spiro atoms. The van der Waals surface area contributed by atoms with Crippen LogP contribution in [0.1, 0.15) is 6.92 Å². The van der Waals surface area contributed by atoms with Crippen LogP contribution in [0, 0.1) is 10.1 Å². The molecule has 0 aliphatic rings. The maximum absolute atomic E-state index is 10.3. The number of hydrogen-bond acceptors (Lipinski definition) is 5. The molecule has 0 aliphatic heterocycles. The van der Waals surface area contributed by atoms with Crippen LogP contribution >= 0.6 is 0 Å². The van der Waals surface area contributed by atoms with Gasteiger partial charge in [-0.05, 0) is 0 Å². The number of rotatable bonds is 3. The Kier molecular flexibility index (Phi) is 14.9. The van der Waals surface area contributed by atoms with Gasteiger partial charge >= 0.3 is 28.3 Å². The van der Waals surface area contributed by atoms with Crippen LogP contribution in [0.2, 0.25) is 0 Å². The standard InChI is InChI=1S/C5H9NO3S.Ag.HNO3/c1-3(7)6-4(2-10)5(8)9;;2-1(3)4/h4,10H,2H2,1H3,(H,6,7)(H,8,9);;(H,2,3,4)/q;+1;/p-1. The fraction of sp³-hybridized carbons (Fsp3) is 0.600. The topological polar surface area (TPSA) is 130 Å². The largest absolute Gasteiger partial charge is 1.00 e. The molecule has 1 unspecified atom stereocenters. The van der Waals surface area contributed by atoms with Crippen LogP contribution in [-0.2, 0) is 44.6 Å². The van der Waals surface area contributed by atoms with E-state index in [-0.39, 0.29) is 34.0 Å². The van der Waals surface area contributed by atoms with Crippen molar-refractivity contribution in [2.45, 2.75) is 13.0 Å². The molecule has 10 heteroatoms. The number of carbonyl (C=O) groups is 2. The van der Waals surface area contributed by atoms with Crippen molar-refractivity contribution in [2.75, 3.05) is 5.75 Å². The van der Waals surface area contributed by atoms with E-state index in [0.717, 1.165) is 0 Å². The number of nitrogens with zero attached hydrogens (tertiary/aromatic N) is 1. The van der Waals surface area contributed by atoms with E-state index in [9.17, 15) is 9.59 Å². The van der Waals surface area contributed by atoms with Crippen LogP contribution in [0.15, 0.2) is 0 Å². The third-order valence-electron chi connectivity index (χ3n) is 0.842. The first-order valence-corrected chi connectivity index (χ1v) is 3.80. The van der Waals surface area contributed by atoms with Crippen molar-refractivity contribution in [3.63, 3.8) is 0 Å². The third-order valence-corrected chi connectivity index (χ3v) is 1.18. The van der Waals surface area contributed by atoms with Gasteiger partial charge < -0.3 is 28.3 Å². The number of hydrogen-bond donors (Lipinski definition) is 3. The molecule has 0 saturated carbocycles. The minimum absolute atomic E-state index is 0. The molecule has 0 aliphatic carbocycles. The van der Waals surface area contributed by atoms with E-state index in [0.29, 0.717) is 0 Å². The van der Waals surface area contributed by atoms with Crippen LogP contribution in [0.4, 0.5) is 0 Å². The van der Waals surface area contributed by atoms with Crippen molar-refractivity contribution in [1.29, 1.82) is 0 Å². The smallest absolute Gasteiger partial charge is 0.790 e. The summed E-state index contributed by atoms with van der Waals surface area (Å²) in [5.74, 6) is -1.47. The zero-order chi connectivity index (χ0) is 11.7. The van der Waals surface area contributed by atoms with Gasteiger partial charge in [0.05, 0.1) is 0 Å². The van der Waals surface area contributed by atoms with E-state index in [2.05, 4.69) is 17.9 Å². The van der Waals surface area contributed by atoms with E-state index in [4.69, 9.17) is 20.4 Å². The van der Waals surface area contributed by atoms with E-state index in [1.54, 1.807) is 0 Å². The van der Waals surface area contributed by atoms with E-state index >= 15 is 0 Å². The first-order valence-electron chi connectivity index (χ1n) is 3.22. The van der Waals surface area contributed by atoms with Gasteiger partial charge in [0.15, 0.2) is 0 Å². The normalized spacial score (nSPS) is 9.73. The minimum atomic E-state index is -1.50. The molecule has 1 amide bonds. The number of nitrogens with one attached hydrogen (secondary N) is 1. The Morgan fingerprint density at radius 2 is 1.93 bits per heavy atom. The summed E-state index contributed by atoms with van der Waals surface area (Å²) in [6, 6.07) is -0.924. The van der Waals surface area contributed by atoms with Crippen molar-refractivity contribution in [1.82, 2.24) is 5.32 Å². The summed E-state index contributed by atoms with van der Waals surface area (Å²) in [5, 5.41) is 24.2. The van der Waals surface area contributed by atoms with Crippen LogP contribution < -0.4 is 5.32 Å². The average Bonchev–Trinajstić information content (AvgIpc) is 1.98. The summed E-state index contributed by atoms with van der Waals surface area (Å²) in [5.41, 5.74) is 0. The van der Waals surface area contributed by atoms with Crippen molar-refractivity contribution >= 4 is 24.5 Å². The zero-order valence-electron chi connectivity index (χ0n) is 7.47. The summed E-state index contributed by atoms with van der Waals surface area (Å²) in [6.07, 6.45) is 0. The van der Waals surface area contributed by atoms with Gasteiger partial charge in [-0.3, -0.25) is 9.59 Å². The molecule has 1 atom stereocenters. The van der Waals surface area contributed by atoms with E-state index in [1.807, 2.05) is 0 Å². The number of carboxylic acid groups (broad SMARTS) is 1. The second-order valence-electron chi connectivity index (χ2n) is 2.00. The number of carbonyl (C=O) groups excluding carboxylic acids is 1. The summed E-state index contributed by atoms with van der Waals surface area (Å²) < 4.78 is 0. The van der Waals surface area contributed by atoms with Crippen LogP contribution in [0.5, 0.6) is 0 Å². The van der Waals surface area contributed by atoms with Gasteiger partial charge in [0.1, 0.15) is 6.04 Å². The van der Waals surface area contributed by atoms with Gasteiger partial charge in [-0.15, -0.1) is 15.9 Å². The summed E-state index contributed by atoms with van der Waals surface area (Å²) >= 11 is 4.47. The molecule has 8 nitrogen and oxygen atoms in total. The SMILES string of the molecule is CC(=O)NC(C[S-])C(=O)O.O=[N+]([O-])O.[Ag+]. The molecule has 0 aromatic carbocycles. The van der Waals surface area contributed by atoms with Crippen LogP contribution in [0.25, 0.3) is 0 Å². The van der Waals surface area contributed by atoms with Crippen LogP contribution in [-0.4, -0.2) is 39.1 Å². The maximum Gasteiger partial charge on any atom is 1.00 e. The molecule has 15 heavy (non-hydrogen) atoms. The van der Waals surface area contributed by atoms with Gasteiger partial charge in [-0.1, -0.05) is 0 Å².